The molecule has 1 nitrogen and oxygen atoms in total. The fourth-order valence-corrected chi connectivity index (χ4v) is 5.58. The first-order valence-corrected chi connectivity index (χ1v) is 7.98. The zero-order chi connectivity index (χ0) is 12.3. The third kappa shape index (κ3) is 1.65. The Kier molecular flexibility index (Phi) is 2.52. The van der Waals surface area contributed by atoms with E-state index in [4.69, 9.17) is 0 Å². The average Bonchev–Trinajstić information content (AvgIpc) is 2.30. The standard InChI is InChI=1S/C16H19BrO/c17-13-1-2-14(15(18)8-13)16-11-4-9-3-10(6-11)7-12(16)5-9/h1-2,8-12,16,18H,3-7H2. The van der Waals surface area contributed by atoms with Crippen LogP contribution in [0.15, 0.2) is 22.7 Å². The van der Waals surface area contributed by atoms with E-state index in [1.807, 2.05) is 6.07 Å². The maximum absolute atomic E-state index is 10.2. The second kappa shape index (κ2) is 4.00. The van der Waals surface area contributed by atoms with Gasteiger partial charge in [0.1, 0.15) is 5.75 Å². The van der Waals surface area contributed by atoms with Crippen LogP contribution in [0.5, 0.6) is 5.75 Å². The number of hydrogen-bond donors (Lipinski definition) is 1. The Morgan fingerprint density at radius 1 is 0.944 bits per heavy atom. The number of hydrogen-bond acceptors (Lipinski definition) is 1. The minimum atomic E-state index is 0.502. The molecule has 1 aromatic carbocycles. The van der Waals surface area contributed by atoms with E-state index in [2.05, 4.69) is 28.1 Å². The number of phenols is 1. The van der Waals surface area contributed by atoms with Crippen molar-refractivity contribution >= 4 is 15.9 Å². The third-order valence-electron chi connectivity index (χ3n) is 5.58. The number of benzene rings is 1. The molecule has 2 heteroatoms. The van der Waals surface area contributed by atoms with Crippen molar-refractivity contribution in [2.24, 2.45) is 23.7 Å². The molecule has 4 aliphatic carbocycles. The molecule has 0 atom stereocenters. The highest BCUT2D eigenvalue weighted by atomic mass is 79.9. The first kappa shape index (κ1) is 11.3. The molecule has 96 valence electrons. The zero-order valence-corrected chi connectivity index (χ0v) is 12.1. The SMILES string of the molecule is Oc1cc(Br)ccc1C1C2CC3CC(C2)CC1C3. The van der Waals surface area contributed by atoms with Gasteiger partial charge in [0.25, 0.3) is 0 Å². The van der Waals surface area contributed by atoms with Crippen LogP contribution >= 0.6 is 15.9 Å². The molecular weight excluding hydrogens is 288 g/mol. The number of rotatable bonds is 1. The normalized spacial score (nSPS) is 41.3. The lowest BCUT2D eigenvalue weighted by Crippen LogP contribution is -2.43. The lowest BCUT2D eigenvalue weighted by atomic mass is 9.50. The Hall–Kier alpha value is -0.500. The quantitative estimate of drug-likeness (QED) is 0.797. The van der Waals surface area contributed by atoms with Crippen LogP contribution in [0.2, 0.25) is 0 Å². The second-order valence-electron chi connectivity index (χ2n) is 6.66. The second-order valence-corrected chi connectivity index (χ2v) is 7.58. The van der Waals surface area contributed by atoms with Gasteiger partial charge in [-0.05, 0) is 79.4 Å². The Labute approximate surface area is 117 Å². The van der Waals surface area contributed by atoms with E-state index in [1.54, 1.807) is 0 Å². The van der Waals surface area contributed by atoms with Gasteiger partial charge in [0.2, 0.25) is 0 Å². The summed E-state index contributed by atoms with van der Waals surface area (Å²) in [5.41, 5.74) is 1.21. The highest BCUT2D eigenvalue weighted by Gasteiger charge is 2.49. The van der Waals surface area contributed by atoms with Crippen LogP contribution < -0.4 is 0 Å². The van der Waals surface area contributed by atoms with E-state index in [0.717, 1.165) is 28.1 Å². The van der Waals surface area contributed by atoms with E-state index < -0.39 is 0 Å². The van der Waals surface area contributed by atoms with Crippen LogP contribution in [0.3, 0.4) is 0 Å². The van der Waals surface area contributed by atoms with Crippen molar-refractivity contribution in [3.63, 3.8) is 0 Å². The van der Waals surface area contributed by atoms with Crippen LogP contribution in [0.1, 0.15) is 43.6 Å². The Morgan fingerprint density at radius 3 is 2.11 bits per heavy atom. The van der Waals surface area contributed by atoms with Gasteiger partial charge < -0.3 is 5.11 Å². The van der Waals surface area contributed by atoms with Crippen LogP contribution in [-0.4, -0.2) is 5.11 Å². The maximum atomic E-state index is 10.2. The average molecular weight is 307 g/mol. The predicted octanol–water partition coefficient (Wildman–Crippen LogP) is 4.69. The molecule has 0 aliphatic heterocycles. The van der Waals surface area contributed by atoms with E-state index in [9.17, 15) is 5.11 Å². The Balaban J connectivity index is 1.72. The van der Waals surface area contributed by atoms with Gasteiger partial charge in [-0.1, -0.05) is 22.0 Å². The summed E-state index contributed by atoms with van der Waals surface area (Å²) in [5.74, 6) is 4.82. The van der Waals surface area contributed by atoms with Gasteiger partial charge in [0.15, 0.2) is 0 Å². The molecule has 0 unspecified atom stereocenters. The molecular formula is C16H19BrO. The van der Waals surface area contributed by atoms with Gasteiger partial charge in [-0.3, -0.25) is 0 Å². The largest absolute Gasteiger partial charge is 0.508 e. The first-order chi connectivity index (χ1) is 8.70. The van der Waals surface area contributed by atoms with E-state index in [-0.39, 0.29) is 0 Å². The molecule has 0 heterocycles. The zero-order valence-electron chi connectivity index (χ0n) is 10.5. The van der Waals surface area contributed by atoms with Gasteiger partial charge in [0.05, 0.1) is 0 Å². The van der Waals surface area contributed by atoms with Crippen molar-refractivity contribution in [1.82, 2.24) is 0 Å². The molecule has 0 amide bonds. The maximum Gasteiger partial charge on any atom is 0.120 e. The summed E-state index contributed by atoms with van der Waals surface area (Å²) < 4.78 is 0.979. The van der Waals surface area contributed by atoms with Crippen LogP contribution in [0, 0.1) is 23.7 Å². The van der Waals surface area contributed by atoms with E-state index in [0.29, 0.717) is 11.7 Å². The number of halogens is 1. The minimum Gasteiger partial charge on any atom is -0.508 e. The summed E-state index contributed by atoms with van der Waals surface area (Å²) in [7, 11) is 0. The Bertz CT molecular complexity index is 454. The first-order valence-electron chi connectivity index (χ1n) is 7.19. The molecule has 0 spiro atoms. The molecule has 1 N–H and O–H groups in total. The smallest absolute Gasteiger partial charge is 0.120 e. The van der Waals surface area contributed by atoms with Crippen molar-refractivity contribution in [1.29, 1.82) is 0 Å². The summed E-state index contributed by atoms with van der Waals surface area (Å²) in [5, 5.41) is 10.2. The van der Waals surface area contributed by atoms with Gasteiger partial charge in [-0.15, -0.1) is 0 Å². The molecule has 4 fully saturated rings. The van der Waals surface area contributed by atoms with Gasteiger partial charge in [-0.2, -0.15) is 0 Å². The molecule has 5 rings (SSSR count). The molecule has 0 aromatic heterocycles. The molecule has 0 saturated heterocycles. The molecule has 4 saturated carbocycles. The molecule has 18 heavy (non-hydrogen) atoms. The summed E-state index contributed by atoms with van der Waals surface area (Å²) in [4.78, 5) is 0. The molecule has 4 bridgehead atoms. The minimum absolute atomic E-state index is 0.502. The van der Waals surface area contributed by atoms with E-state index in [1.165, 1.54) is 37.7 Å². The topological polar surface area (TPSA) is 20.2 Å². The van der Waals surface area contributed by atoms with Crippen molar-refractivity contribution in [2.75, 3.05) is 0 Å². The predicted molar refractivity (Wildman–Crippen MR) is 75.6 cm³/mol. The van der Waals surface area contributed by atoms with Crippen LogP contribution in [-0.2, 0) is 0 Å². The lowest BCUT2D eigenvalue weighted by Gasteiger charge is -2.54. The van der Waals surface area contributed by atoms with Gasteiger partial charge >= 0.3 is 0 Å². The van der Waals surface area contributed by atoms with Gasteiger partial charge in [-0.25, -0.2) is 0 Å². The van der Waals surface area contributed by atoms with Crippen molar-refractivity contribution in [2.45, 2.75) is 38.0 Å². The Morgan fingerprint density at radius 2 is 1.56 bits per heavy atom. The lowest BCUT2D eigenvalue weighted by molar-refractivity contribution is -0.00347. The highest BCUT2D eigenvalue weighted by Crippen LogP contribution is 2.60. The summed E-state index contributed by atoms with van der Waals surface area (Å²) >= 11 is 3.44. The van der Waals surface area contributed by atoms with Gasteiger partial charge in [0, 0.05) is 4.47 Å². The van der Waals surface area contributed by atoms with Crippen molar-refractivity contribution < 1.29 is 5.11 Å². The fraction of sp³-hybridized carbons (Fsp3) is 0.625. The third-order valence-corrected chi connectivity index (χ3v) is 6.07. The summed E-state index contributed by atoms with van der Waals surface area (Å²) in [6, 6.07) is 6.09. The molecule has 0 radical (unpaired) electrons. The number of phenolic OH excluding ortho intramolecular Hbond substituents is 1. The molecule has 4 aliphatic rings. The number of aromatic hydroxyl groups is 1. The van der Waals surface area contributed by atoms with Crippen molar-refractivity contribution in [3.8, 4) is 5.75 Å². The summed E-state index contributed by atoms with van der Waals surface area (Å²) in [6.07, 6.45) is 7.13. The van der Waals surface area contributed by atoms with Crippen molar-refractivity contribution in [3.05, 3.63) is 28.2 Å². The highest BCUT2D eigenvalue weighted by molar-refractivity contribution is 9.10. The summed E-state index contributed by atoms with van der Waals surface area (Å²) in [6.45, 7) is 0. The monoisotopic (exact) mass is 306 g/mol. The van der Waals surface area contributed by atoms with Crippen LogP contribution in [0.4, 0.5) is 0 Å². The van der Waals surface area contributed by atoms with Crippen LogP contribution in [0.25, 0.3) is 0 Å². The van der Waals surface area contributed by atoms with E-state index >= 15 is 0 Å². The fourth-order valence-electron chi connectivity index (χ4n) is 5.23. The molecule has 1 aromatic rings.